The van der Waals surface area contributed by atoms with Crippen LogP contribution in [0.2, 0.25) is 0 Å². The van der Waals surface area contributed by atoms with Gasteiger partial charge in [0.15, 0.2) is 5.82 Å². The number of rotatable bonds is 5. The molecular weight excluding hydrogens is 482 g/mol. The Bertz CT molecular complexity index is 1080. The number of hydrogen-bond donors (Lipinski definition) is 0. The van der Waals surface area contributed by atoms with Gasteiger partial charge in [0.25, 0.3) is 0 Å². The number of anilines is 1. The first-order valence-electron chi connectivity index (χ1n) is 14.5. The Morgan fingerprint density at radius 2 is 1.51 bits per heavy atom. The molecule has 3 fully saturated rings. The predicted molar refractivity (Wildman–Crippen MR) is 157 cm³/mol. The molecule has 1 saturated carbocycles. The number of hydrogen-bond acceptors (Lipinski definition) is 6. The Morgan fingerprint density at radius 1 is 0.946 bits per heavy atom. The minimum absolute atomic E-state index is 0.0269. The molecule has 0 atom stereocenters. The van der Waals surface area contributed by atoms with Crippen LogP contribution in [0.5, 0.6) is 0 Å². The number of aryl methyl sites for hydroxylation is 2. The summed E-state index contributed by atoms with van der Waals surface area (Å²) in [4.78, 5) is 16.0. The van der Waals surface area contributed by atoms with Gasteiger partial charge in [-0.15, -0.1) is 0 Å². The molecule has 1 aliphatic carbocycles. The van der Waals surface area contributed by atoms with Crippen LogP contribution in [0, 0.1) is 25.2 Å². The number of nitrogens with zero attached hydrogens (tertiary/aromatic N) is 5. The Kier molecular flexibility index (Phi) is 11.7. The highest BCUT2D eigenvalue weighted by Crippen LogP contribution is 2.41. The summed E-state index contributed by atoms with van der Waals surface area (Å²) in [6.45, 7) is 22.4. The van der Waals surface area contributed by atoms with Gasteiger partial charge in [-0.05, 0) is 64.4 Å². The first-order valence-corrected chi connectivity index (χ1v) is 16.0. The number of fused-ring (bicyclic) bond motifs is 1. The quantitative estimate of drug-likeness (QED) is 0.435. The minimum Gasteiger partial charge on any atom is -0.354 e. The number of aromatic nitrogens is 3. The summed E-state index contributed by atoms with van der Waals surface area (Å²) < 4.78 is 25.3. The highest BCUT2D eigenvalue weighted by Gasteiger charge is 2.41. The van der Waals surface area contributed by atoms with Gasteiger partial charge in [-0.1, -0.05) is 48.5 Å². The molecule has 0 radical (unpaired) electrons. The third kappa shape index (κ3) is 7.62. The van der Waals surface area contributed by atoms with Gasteiger partial charge >= 0.3 is 0 Å². The zero-order valence-electron chi connectivity index (χ0n) is 24.8. The van der Waals surface area contributed by atoms with E-state index >= 15 is 0 Å². The van der Waals surface area contributed by atoms with Crippen LogP contribution in [0.1, 0.15) is 98.5 Å². The number of pyridine rings is 1. The molecule has 2 aromatic heterocycles. The number of sulfonamides is 1. The van der Waals surface area contributed by atoms with Crippen LogP contribution >= 0.6 is 0 Å². The molecular formula is C29H51N5O2S. The monoisotopic (exact) mass is 533 g/mol. The Balaban J connectivity index is 0.000000245. The zero-order chi connectivity index (χ0) is 27.8. The molecule has 210 valence electrons. The zero-order valence-corrected chi connectivity index (χ0v) is 25.7. The second kappa shape index (κ2) is 13.8. The molecule has 0 unspecified atom stereocenters. The van der Waals surface area contributed by atoms with Gasteiger partial charge < -0.3 is 4.90 Å². The summed E-state index contributed by atoms with van der Waals surface area (Å²) in [5.41, 5.74) is 2.49. The molecule has 0 bridgehead atoms. The minimum atomic E-state index is -2.88. The fourth-order valence-corrected chi connectivity index (χ4v) is 6.76. The van der Waals surface area contributed by atoms with Crippen LogP contribution < -0.4 is 4.90 Å². The largest absolute Gasteiger partial charge is 0.354 e. The summed E-state index contributed by atoms with van der Waals surface area (Å²) >= 11 is 0. The van der Waals surface area contributed by atoms with Gasteiger partial charge in [0.05, 0.1) is 5.25 Å². The SMILES string of the molecule is CC.CC.CC1CCN(S(=O)(=O)C2CC2)CC1.CCC1(CC)CN(c2nc(C)cc3cnc(C)nc23)C1. The molecule has 0 spiro atoms. The van der Waals surface area contributed by atoms with E-state index in [0.717, 1.165) is 80.1 Å². The Labute approximate surface area is 226 Å². The van der Waals surface area contributed by atoms with Gasteiger partial charge in [-0.2, -0.15) is 0 Å². The predicted octanol–water partition coefficient (Wildman–Crippen LogP) is 6.53. The lowest BCUT2D eigenvalue weighted by molar-refractivity contribution is 0.194. The topological polar surface area (TPSA) is 79.3 Å². The van der Waals surface area contributed by atoms with Crippen molar-refractivity contribution in [1.82, 2.24) is 19.3 Å². The van der Waals surface area contributed by atoms with Crippen molar-refractivity contribution in [3.05, 3.63) is 23.8 Å². The average Bonchev–Trinajstić information content (AvgIpc) is 3.74. The van der Waals surface area contributed by atoms with Gasteiger partial charge in [0.1, 0.15) is 11.3 Å². The van der Waals surface area contributed by atoms with E-state index in [1.807, 2.05) is 47.7 Å². The van der Waals surface area contributed by atoms with Crippen LogP contribution in [0.4, 0.5) is 5.82 Å². The first kappa shape index (κ1) is 31.4. The first-order chi connectivity index (χ1) is 17.7. The van der Waals surface area contributed by atoms with Crippen molar-refractivity contribution in [2.45, 2.75) is 106 Å². The molecule has 7 nitrogen and oxygen atoms in total. The third-order valence-electron chi connectivity index (χ3n) is 7.70. The molecule has 2 saturated heterocycles. The van der Waals surface area contributed by atoms with Gasteiger partial charge in [0, 0.05) is 48.9 Å². The van der Waals surface area contributed by atoms with Crippen molar-refractivity contribution in [2.24, 2.45) is 11.3 Å². The lowest BCUT2D eigenvalue weighted by Crippen LogP contribution is -2.56. The van der Waals surface area contributed by atoms with E-state index in [1.165, 1.54) is 12.8 Å². The van der Waals surface area contributed by atoms with Crippen molar-refractivity contribution < 1.29 is 8.42 Å². The molecule has 8 heteroatoms. The van der Waals surface area contributed by atoms with Crippen molar-refractivity contribution in [3.8, 4) is 0 Å². The van der Waals surface area contributed by atoms with E-state index in [4.69, 9.17) is 4.98 Å². The van der Waals surface area contributed by atoms with E-state index in [0.29, 0.717) is 11.3 Å². The smallest absolute Gasteiger partial charge is 0.216 e. The fourth-order valence-electron chi connectivity index (χ4n) is 4.89. The lowest BCUT2D eigenvalue weighted by atomic mass is 9.75. The maximum absolute atomic E-state index is 11.8. The van der Waals surface area contributed by atoms with Crippen molar-refractivity contribution in [3.63, 3.8) is 0 Å². The Morgan fingerprint density at radius 3 is 2.03 bits per heavy atom. The van der Waals surface area contributed by atoms with Crippen LogP contribution in [0.3, 0.4) is 0 Å². The molecule has 0 N–H and O–H groups in total. The van der Waals surface area contributed by atoms with Crippen molar-refractivity contribution in [2.75, 3.05) is 31.1 Å². The lowest BCUT2D eigenvalue weighted by Gasteiger charge is -2.50. The molecule has 2 aliphatic heterocycles. The fraction of sp³-hybridized carbons (Fsp3) is 0.759. The second-order valence-corrected chi connectivity index (χ2v) is 12.5. The van der Waals surface area contributed by atoms with Crippen LogP contribution in [-0.2, 0) is 10.0 Å². The third-order valence-corrected chi connectivity index (χ3v) is 10.1. The summed E-state index contributed by atoms with van der Waals surface area (Å²) in [6, 6.07) is 2.06. The highest BCUT2D eigenvalue weighted by atomic mass is 32.2. The van der Waals surface area contributed by atoms with E-state index < -0.39 is 10.0 Å². The van der Waals surface area contributed by atoms with Gasteiger partial charge in [-0.3, -0.25) is 0 Å². The molecule has 0 aromatic carbocycles. The molecule has 3 aliphatic rings. The van der Waals surface area contributed by atoms with Crippen molar-refractivity contribution >= 4 is 26.7 Å². The van der Waals surface area contributed by atoms with E-state index in [-0.39, 0.29) is 5.25 Å². The summed E-state index contributed by atoms with van der Waals surface area (Å²) in [5, 5.41) is 1.06. The standard InChI is InChI=1S/C16H22N4.C9H17NO2S.2C2H6/c1-5-16(6-2)9-20(10-16)15-14-13(7-11(3)18-15)8-17-12(4)19-14;1-8-4-6-10(7-5-8)13(11,12)9-2-3-9;2*1-2/h7-8H,5-6,9-10H2,1-4H3;8-9H,2-7H2,1H3;2*1-2H3. The molecule has 0 amide bonds. The molecule has 4 heterocycles. The van der Waals surface area contributed by atoms with Crippen LogP contribution in [0.15, 0.2) is 12.3 Å². The Hall–Kier alpha value is -1.80. The maximum atomic E-state index is 11.8. The molecule has 5 rings (SSSR count). The molecule has 2 aromatic rings. The molecule has 37 heavy (non-hydrogen) atoms. The van der Waals surface area contributed by atoms with Crippen molar-refractivity contribution in [1.29, 1.82) is 0 Å². The summed E-state index contributed by atoms with van der Waals surface area (Å²) in [7, 11) is -2.88. The van der Waals surface area contributed by atoms with E-state index in [2.05, 4.69) is 41.7 Å². The average molecular weight is 534 g/mol. The van der Waals surface area contributed by atoms with Gasteiger partial charge in [0.2, 0.25) is 10.0 Å². The van der Waals surface area contributed by atoms with E-state index in [9.17, 15) is 8.42 Å². The normalized spacial score (nSPS) is 19.4. The van der Waals surface area contributed by atoms with Crippen LogP contribution in [-0.4, -0.2) is 59.1 Å². The van der Waals surface area contributed by atoms with Crippen LogP contribution in [0.25, 0.3) is 10.9 Å². The van der Waals surface area contributed by atoms with Gasteiger partial charge in [-0.25, -0.2) is 27.7 Å². The maximum Gasteiger partial charge on any atom is 0.216 e. The highest BCUT2D eigenvalue weighted by molar-refractivity contribution is 7.90. The summed E-state index contributed by atoms with van der Waals surface area (Å²) in [5.74, 6) is 2.54. The van der Waals surface area contributed by atoms with E-state index in [1.54, 1.807) is 4.31 Å². The summed E-state index contributed by atoms with van der Waals surface area (Å²) in [6.07, 6.45) is 8.21. The number of piperidine rings is 1. The second-order valence-electron chi connectivity index (χ2n) is 10.3.